The van der Waals surface area contributed by atoms with Gasteiger partial charge in [-0.3, -0.25) is 0 Å². The Balaban J connectivity index is 1.90. The maximum Gasteiger partial charge on any atom is 0.118 e. The van der Waals surface area contributed by atoms with Crippen LogP contribution in [0.15, 0.2) is 24.3 Å². The second kappa shape index (κ2) is 7.46. The van der Waals surface area contributed by atoms with E-state index in [4.69, 9.17) is 9.47 Å². The second-order valence-electron chi connectivity index (χ2n) is 5.81. The van der Waals surface area contributed by atoms with Gasteiger partial charge in [-0.05, 0) is 49.3 Å². The Morgan fingerprint density at radius 2 is 1.85 bits per heavy atom. The number of rotatable bonds is 6. The van der Waals surface area contributed by atoms with Gasteiger partial charge in [0.05, 0.1) is 19.3 Å². The van der Waals surface area contributed by atoms with Crippen LogP contribution in [0.3, 0.4) is 0 Å². The molecule has 0 bridgehead atoms. The van der Waals surface area contributed by atoms with Crippen LogP contribution in [-0.4, -0.2) is 18.0 Å². The van der Waals surface area contributed by atoms with Crippen LogP contribution in [0.25, 0.3) is 0 Å². The SMILES string of the molecule is CCC1CCC(CBr)(OCc2ccc(OC)cc2)CC1. The molecule has 1 fully saturated rings. The minimum absolute atomic E-state index is 0.0333. The lowest BCUT2D eigenvalue weighted by atomic mass is 9.78. The maximum atomic E-state index is 6.28. The van der Waals surface area contributed by atoms with Gasteiger partial charge in [-0.2, -0.15) is 0 Å². The smallest absolute Gasteiger partial charge is 0.118 e. The first-order valence-electron chi connectivity index (χ1n) is 7.54. The monoisotopic (exact) mass is 340 g/mol. The summed E-state index contributed by atoms with van der Waals surface area (Å²) in [5, 5.41) is 0.937. The molecule has 1 aliphatic rings. The minimum Gasteiger partial charge on any atom is -0.497 e. The van der Waals surface area contributed by atoms with Crippen molar-refractivity contribution in [3.63, 3.8) is 0 Å². The van der Waals surface area contributed by atoms with E-state index in [1.54, 1.807) is 7.11 Å². The van der Waals surface area contributed by atoms with Crippen LogP contribution in [0.4, 0.5) is 0 Å². The number of hydrogen-bond acceptors (Lipinski definition) is 2. The van der Waals surface area contributed by atoms with Crippen molar-refractivity contribution in [1.82, 2.24) is 0 Å². The Bertz CT molecular complexity index is 394. The van der Waals surface area contributed by atoms with Gasteiger partial charge in [-0.15, -0.1) is 0 Å². The molecule has 0 saturated heterocycles. The molecule has 3 heteroatoms. The quantitative estimate of drug-likeness (QED) is 0.682. The van der Waals surface area contributed by atoms with Crippen LogP contribution < -0.4 is 4.74 Å². The average molecular weight is 341 g/mol. The number of alkyl halides is 1. The minimum atomic E-state index is 0.0333. The molecule has 0 aliphatic heterocycles. The van der Waals surface area contributed by atoms with E-state index in [0.29, 0.717) is 6.61 Å². The van der Waals surface area contributed by atoms with Gasteiger partial charge in [0.2, 0.25) is 0 Å². The van der Waals surface area contributed by atoms with Crippen molar-refractivity contribution in [2.45, 2.75) is 51.2 Å². The summed E-state index contributed by atoms with van der Waals surface area (Å²) in [6.45, 7) is 2.98. The van der Waals surface area contributed by atoms with Crippen LogP contribution >= 0.6 is 15.9 Å². The Morgan fingerprint density at radius 1 is 1.20 bits per heavy atom. The fourth-order valence-electron chi connectivity index (χ4n) is 2.89. The molecule has 1 aromatic carbocycles. The maximum absolute atomic E-state index is 6.28. The summed E-state index contributed by atoms with van der Waals surface area (Å²) in [5.41, 5.74) is 1.25. The lowest BCUT2D eigenvalue weighted by Gasteiger charge is -2.39. The van der Waals surface area contributed by atoms with Gasteiger partial charge in [0.15, 0.2) is 0 Å². The molecule has 0 atom stereocenters. The zero-order valence-electron chi connectivity index (χ0n) is 12.5. The molecular weight excluding hydrogens is 316 g/mol. The molecule has 0 spiro atoms. The highest BCUT2D eigenvalue weighted by Crippen LogP contribution is 2.38. The van der Waals surface area contributed by atoms with E-state index in [0.717, 1.165) is 17.0 Å². The van der Waals surface area contributed by atoms with E-state index in [1.807, 2.05) is 12.1 Å². The zero-order chi connectivity index (χ0) is 14.4. The molecule has 2 nitrogen and oxygen atoms in total. The number of hydrogen-bond donors (Lipinski definition) is 0. The van der Waals surface area contributed by atoms with Crippen molar-refractivity contribution >= 4 is 15.9 Å². The summed E-state index contributed by atoms with van der Waals surface area (Å²) in [4.78, 5) is 0. The normalized spacial score (nSPS) is 26.4. The Morgan fingerprint density at radius 3 is 2.35 bits per heavy atom. The predicted molar refractivity (Wildman–Crippen MR) is 86.6 cm³/mol. The zero-order valence-corrected chi connectivity index (χ0v) is 14.1. The summed E-state index contributed by atoms with van der Waals surface area (Å²) in [6.07, 6.45) is 6.24. The average Bonchev–Trinajstić information content (AvgIpc) is 2.54. The van der Waals surface area contributed by atoms with E-state index >= 15 is 0 Å². The molecule has 1 saturated carbocycles. The highest BCUT2D eigenvalue weighted by molar-refractivity contribution is 9.09. The van der Waals surface area contributed by atoms with Crippen molar-refractivity contribution in [3.05, 3.63) is 29.8 Å². The topological polar surface area (TPSA) is 18.5 Å². The Labute approximate surface area is 131 Å². The van der Waals surface area contributed by atoms with Gasteiger partial charge in [-0.25, -0.2) is 0 Å². The summed E-state index contributed by atoms with van der Waals surface area (Å²) in [7, 11) is 1.69. The third-order valence-corrected chi connectivity index (χ3v) is 5.56. The molecule has 0 aromatic heterocycles. The molecule has 20 heavy (non-hydrogen) atoms. The molecule has 1 aliphatic carbocycles. The first kappa shape index (κ1) is 15.8. The first-order chi connectivity index (χ1) is 9.71. The van der Waals surface area contributed by atoms with Crippen molar-refractivity contribution in [2.24, 2.45) is 5.92 Å². The molecule has 2 rings (SSSR count). The van der Waals surface area contributed by atoms with E-state index in [1.165, 1.54) is 37.7 Å². The van der Waals surface area contributed by atoms with Crippen LogP contribution in [-0.2, 0) is 11.3 Å². The van der Waals surface area contributed by atoms with E-state index in [-0.39, 0.29) is 5.60 Å². The Kier molecular flexibility index (Phi) is 5.91. The van der Waals surface area contributed by atoms with E-state index < -0.39 is 0 Å². The molecule has 0 radical (unpaired) electrons. The van der Waals surface area contributed by atoms with Crippen LogP contribution in [0.1, 0.15) is 44.6 Å². The first-order valence-corrected chi connectivity index (χ1v) is 8.66. The second-order valence-corrected chi connectivity index (χ2v) is 6.37. The third kappa shape index (κ3) is 3.98. The van der Waals surface area contributed by atoms with Crippen LogP contribution in [0.2, 0.25) is 0 Å². The van der Waals surface area contributed by atoms with Gasteiger partial charge in [0, 0.05) is 5.33 Å². The van der Waals surface area contributed by atoms with Crippen LogP contribution in [0, 0.1) is 5.92 Å². The van der Waals surface area contributed by atoms with Crippen molar-refractivity contribution in [2.75, 3.05) is 12.4 Å². The molecule has 1 aromatic rings. The Hall–Kier alpha value is -0.540. The lowest BCUT2D eigenvalue weighted by molar-refractivity contribution is -0.0702. The molecule has 112 valence electrons. The summed E-state index contributed by atoms with van der Waals surface area (Å²) < 4.78 is 11.5. The van der Waals surface area contributed by atoms with Gasteiger partial charge >= 0.3 is 0 Å². The molecular formula is C17H25BrO2. The van der Waals surface area contributed by atoms with Crippen molar-refractivity contribution in [1.29, 1.82) is 0 Å². The van der Waals surface area contributed by atoms with Crippen LogP contribution in [0.5, 0.6) is 5.75 Å². The molecule has 0 N–H and O–H groups in total. The lowest BCUT2D eigenvalue weighted by Crippen LogP contribution is -2.38. The number of ether oxygens (including phenoxy) is 2. The molecule has 0 unspecified atom stereocenters. The van der Waals surface area contributed by atoms with E-state index in [2.05, 4.69) is 35.0 Å². The van der Waals surface area contributed by atoms with Gasteiger partial charge in [0.1, 0.15) is 5.75 Å². The predicted octanol–water partition coefficient (Wildman–Crippen LogP) is 4.95. The standard InChI is InChI=1S/C17H25BrO2/c1-3-14-8-10-17(13-18,11-9-14)20-12-15-4-6-16(19-2)7-5-15/h4-7,14H,3,8-13H2,1-2H3. The fraction of sp³-hybridized carbons (Fsp3) is 0.647. The highest BCUT2D eigenvalue weighted by atomic mass is 79.9. The highest BCUT2D eigenvalue weighted by Gasteiger charge is 2.34. The number of benzene rings is 1. The summed E-state index contributed by atoms with van der Waals surface area (Å²) >= 11 is 3.66. The fourth-order valence-corrected chi connectivity index (χ4v) is 3.61. The largest absolute Gasteiger partial charge is 0.497 e. The van der Waals surface area contributed by atoms with Gasteiger partial charge in [0.25, 0.3) is 0 Å². The number of halogens is 1. The van der Waals surface area contributed by atoms with E-state index in [9.17, 15) is 0 Å². The molecule has 0 heterocycles. The van der Waals surface area contributed by atoms with Gasteiger partial charge in [-0.1, -0.05) is 41.4 Å². The third-order valence-electron chi connectivity index (χ3n) is 4.54. The van der Waals surface area contributed by atoms with Crippen molar-refractivity contribution in [3.8, 4) is 5.75 Å². The van der Waals surface area contributed by atoms with Gasteiger partial charge < -0.3 is 9.47 Å². The molecule has 0 amide bonds. The summed E-state index contributed by atoms with van der Waals surface area (Å²) in [5.74, 6) is 1.79. The van der Waals surface area contributed by atoms with Crippen molar-refractivity contribution < 1.29 is 9.47 Å². The summed E-state index contributed by atoms with van der Waals surface area (Å²) in [6, 6.07) is 8.15. The number of methoxy groups -OCH3 is 1.